The number of rotatable bonds is 5. The maximum atomic E-state index is 12.7. The molecule has 1 N–H and O–H groups in total. The van der Waals surface area contributed by atoms with E-state index < -0.39 is 11.7 Å². The van der Waals surface area contributed by atoms with Crippen molar-refractivity contribution in [2.24, 2.45) is 5.92 Å². The summed E-state index contributed by atoms with van der Waals surface area (Å²) < 4.78 is 43.4. The van der Waals surface area contributed by atoms with Crippen LogP contribution < -0.4 is 10.1 Å². The van der Waals surface area contributed by atoms with E-state index in [0.29, 0.717) is 31.8 Å². The molecule has 1 aliphatic rings. The van der Waals surface area contributed by atoms with Crippen molar-refractivity contribution in [3.8, 4) is 5.75 Å². The second-order valence-electron chi connectivity index (χ2n) is 6.11. The van der Waals surface area contributed by atoms with E-state index in [1.165, 1.54) is 12.1 Å². The predicted molar refractivity (Wildman–Crippen MR) is 89.9 cm³/mol. The first kappa shape index (κ1) is 18.0. The second-order valence-corrected chi connectivity index (χ2v) is 6.11. The SMILES string of the molecule is O=C(Nc1cccnc1)N1CC(CCOc2cccc(C(F)(F)F)c2)C1. The molecule has 1 aromatic heterocycles. The molecule has 5 nitrogen and oxygen atoms in total. The molecular formula is C18H18F3N3O2. The van der Waals surface area contributed by atoms with Crippen LogP contribution in [-0.4, -0.2) is 35.6 Å². The Morgan fingerprint density at radius 1 is 1.27 bits per heavy atom. The van der Waals surface area contributed by atoms with Crippen LogP contribution in [-0.2, 0) is 6.18 Å². The lowest BCUT2D eigenvalue weighted by Gasteiger charge is -2.39. The minimum atomic E-state index is -4.38. The zero-order valence-corrected chi connectivity index (χ0v) is 13.9. The summed E-state index contributed by atoms with van der Waals surface area (Å²) in [6.07, 6.45) is -0.514. The van der Waals surface area contributed by atoms with E-state index >= 15 is 0 Å². The molecule has 26 heavy (non-hydrogen) atoms. The molecule has 1 aromatic carbocycles. The molecule has 2 heterocycles. The Labute approximate surface area is 148 Å². The highest BCUT2D eigenvalue weighted by Crippen LogP contribution is 2.31. The summed E-state index contributed by atoms with van der Waals surface area (Å²) in [4.78, 5) is 17.6. The number of benzene rings is 1. The molecule has 8 heteroatoms. The quantitative estimate of drug-likeness (QED) is 0.870. The Morgan fingerprint density at radius 2 is 2.08 bits per heavy atom. The highest BCUT2D eigenvalue weighted by Gasteiger charge is 2.31. The van der Waals surface area contributed by atoms with E-state index in [4.69, 9.17) is 4.74 Å². The number of urea groups is 1. The van der Waals surface area contributed by atoms with Crippen LogP contribution in [0, 0.1) is 5.92 Å². The number of hydrogen-bond donors (Lipinski definition) is 1. The number of anilines is 1. The molecule has 1 aliphatic heterocycles. The Bertz CT molecular complexity index is 747. The van der Waals surface area contributed by atoms with Gasteiger partial charge in [-0.15, -0.1) is 0 Å². The molecule has 0 aliphatic carbocycles. The Morgan fingerprint density at radius 3 is 2.77 bits per heavy atom. The maximum Gasteiger partial charge on any atom is 0.416 e. The summed E-state index contributed by atoms with van der Waals surface area (Å²) in [5, 5.41) is 2.75. The third kappa shape index (κ3) is 4.65. The van der Waals surface area contributed by atoms with Gasteiger partial charge in [0.2, 0.25) is 0 Å². The van der Waals surface area contributed by atoms with Crippen LogP contribution >= 0.6 is 0 Å². The Kier molecular flexibility index (Phi) is 5.29. The van der Waals surface area contributed by atoms with Gasteiger partial charge in [0.1, 0.15) is 5.75 Å². The highest BCUT2D eigenvalue weighted by atomic mass is 19.4. The fraction of sp³-hybridized carbons (Fsp3) is 0.333. The van der Waals surface area contributed by atoms with Gasteiger partial charge in [-0.3, -0.25) is 4.98 Å². The van der Waals surface area contributed by atoms with Gasteiger partial charge in [-0.05, 0) is 42.7 Å². The summed E-state index contributed by atoms with van der Waals surface area (Å²) in [7, 11) is 0. The Hall–Kier alpha value is -2.77. The predicted octanol–water partition coefficient (Wildman–Crippen LogP) is 4.03. The summed E-state index contributed by atoms with van der Waals surface area (Å²) in [5.41, 5.74) is -0.0919. The average molecular weight is 365 g/mol. The van der Waals surface area contributed by atoms with Gasteiger partial charge < -0.3 is 15.0 Å². The van der Waals surface area contributed by atoms with Crippen LogP contribution in [0.5, 0.6) is 5.75 Å². The minimum Gasteiger partial charge on any atom is -0.494 e. The number of alkyl halides is 3. The molecule has 138 valence electrons. The summed E-state index contributed by atoms with van der Waals surface area (Å²) in [6.45, 7) is 1.50. The van der Waals surface area contributed by atoms with Crippen molar-refractivity contribution in [1.29, 1.82) is 0 Å². The highest BCUT2D eigenvalue weighted by molar-refractivity contribution is 5.89. The third-order valence-electron chi connectivity index (χ3n) is 4.11. The number of pyridine rings is 1. The molecule has 3 rings (SSSR count). The van der Waals surface area contributed by atoms with Crippen LogP contribution in [0.25, 0.3) is 0 Å². The van der Waals surface area contributed by atoms with Gasteiger partial charge in [-0.25, -0.2) is 4.79 Å². The van der Waals surface area contributed by atoms with Crippen molar-refractivity contribution in [3.63, 3.8) is 0 Å². The zero-order chi connectivity index (χ0) is 18.6. The van der Waals surface area contributed by atoms with Crippen LogP contribution in [0.3, 0.4) is 0 Å². The molecule has 2 aromatic rings. The van der Waals surface area contributed by atoms with E-state index in [0.717, 1.165) is 12.1 Å². The van der Waals surface area contributed by atoms with E-state index in [2.05, 4.69) is 10.3 Å². The lowest BCUT2D eigenvalue weighted by Crippen LogP contribution is -2.52. The summed E-state index contributed by atoms with van der Waals surface area (Å²) in [5.74, 6) is 0.478. The largest absolute Gasteiger partial charge is 0.494 e. The lowest BCUT2D eigenvalue weighted by molar-refractivity contribution is -0.137. The monoisotopic (exact) mass is 365 g/mol. The molecule has 0 unspecified atom stereocenters. The summed E-state index contributed by atoms with van der Waals surface area (Å²) >= 11 is 0. The normalized spacial score (nSPS) is 14.7. The van der Waals surface area contributed by atoms with Crippen molar-refractivity contribution in [2.75, 3.05) is 25.0 Å². The standard InChI is InChI=1S/C18H18F3N3O2/c19-18(20,21)14-3-1-5-16(9-14)26-8-6-13-11-24(12-13)17(25)23-15-4-2-7-22-10-15/h1-5,7,9-10,13H,6,8,11-12H2,(H,23,25). The van der Waals surface area contributed by atoms with Gasteiger partial charge in [-0.2, -0.15) is 13.2 Å². The minimum absolute atomic E-state index is 0.187. The zero-order valence-electron chi connectivity index (χ0n) is 13.9. The number of halogens is 3. The molecular weight excluding hydrogens is 347 g/mol. The fourth-order valence-electron chi connectivity index (χ4n) is 2.66. The molecule has 2 amide bonds. The number of carbonyl (C=O) groups excluding carboxylic acids is 1. The second kappa shape index (κ2) is 7.63. The van der Waals surface area contributed by atoms with Gasteiger partial charge in [0.25, 0.3) is 0 Å². The lowest BCUT2D eigenvalue weighted by atomic mass is 9.97. The number of ether oxygens (including phenoxy) is 1. The average Bonchev–Trinajstić information content (AvgIpc) is 2.57. The Balaban J connectivity index is 1.38. The fourth-order valence-corrected chi connectivity index (χ4v) is 2.66. The van der Waals surface area contributed by atoms with Crippen molar-refractivity contribution in [3.05, 3.63) is 54.4 Å². The van der Waals surface area contributed by atoms with E-state index in [1.54, 1.807) is 29.4 Å². The van der Waals surface area contributed by atoms with Gasteiger partial charge in [0, 0.05) is 19.3 Å². The van der Waals surface area contributed by atoms with Crippen LogP contribution in [0.1, 0.15) is 12.0 Å². The van der Waals surface area contributed by atoms with E-state index in [-0.39, 0.29) is 17.7 Å². The third-order valence-corrected chi connectivity index (χ3v) is 4.11. The van der Waals surface area contributed by atoms with Crippen molar-refractivity contribution in [1.82, 2.24) is 9.88 Å². The van der Waals surface area contributed by atoms with Gasteiger partial charge >= 0.3 is 12.2 Å². The van der Waals surface area contributed by atoms with Gasteiger partial charge in [0.15, 0.2) is 0 Å². The molecule has 1 fully saturated rings. The van der Waals surface area contributed by atoms with Gasteiger partial charge in [-0.1, -0.05) is 6.07 Å². The van der Waals surface area contributed by atoms with Crippen LogP contribution in [0.4, 0.5) is 23.7 Å². The van der Waals surface area contributed by atoms with Crippen molar-refractivity contribution in [2.45, 2.75) is 12.6 Å². The number of carbonyl (C=O) groups is 1. The van der Waals surface area contributed by atoms with Crippen LogP contribution in [0.15, 0.2) is 48.8 Å². The summed E-state index contributed by atoms with van der Waals surface area (Å²) in [6, 6.07) is 8.14. The van der Waals surface area contributed by atoms with Crippen LogP contribution in [0.2, 0.25) is 0 Å². The maximum absolute atomic E-state index is 12.7. The smallest absolute Gasteiger partial charge is 0.416 e. The number of amides is 2. The van der Waals surface area contributed by atoms with Crippen molar-refractivity contribution >= 4 is 11.7 Å². The first-order valence-electron chi connectivity index (χ1n) is 8.18. The number of nitrogens with zero attached hydrogens (tertiary/aromatic N) is 2. The molecule has 0 bridgehead atoms. The first-order chi connectivity index (χ1) is 12.4. The topological polar surface area (TPSA) is 54.5 Å². The molecule has 0 spiro atoms. The number of aromatic nitrogens is 1. The number of likely N-dealkylation sites (tertiary alicyclic amines) is 1. The molecule has 0 saturated carbocycles. The molecule has 1 saturated heterocycles. The van der Waals surface area contributed by atoms with E-state index in [9.17, 15) is 18.0 Å². The van der Waals surface area contributed by atoms with Crippen molar-refractivity contribution < 1.29 is 22.7 Å². The van der Waals surface area contributed by atoms with E-state index in [1.807, 2.05) is 0 Å². The number of hydrogen-bond acceptors (Lipinski definition) is 3. The first-order valence-corrected chi connectivity index (χ1v) is 8.18. The molecule has 0 radical (unpaired) electrons. The molecule has 0 atom stereocenters. The van der Waals surface area contributed by atoms with Gasteiger partial charge in [0.05, 0.1) is 24.1 Å². The number of nitrogens with one attached hydrogen (secondary N) is 1.